The first-order chi connectivity index (χ1) is 13.7. The van der Waals surface area contributed by atoms with Crippen molar-refractivity contribution in [2.75, 3.05) is 11.9 Å². The number of aliphatic hydroxyl groups is 2. The van der Waals surface area contributed by atoms with Crippen molar-refractivity contribution >= 4 is 17.7 Å². The predicted molar refractivity (Wildman–Crippen MR) is 91.8 cm³/mol. The van der Waals surface area contributed by atoms with E-state index in [0.717, 1.165) is 12.3 Å². The lowest BCUT2D eigenvalue weighted by atomic mass is 10.1. The molecular weight excluding hydrogens is 396 g/mol. The number of aliphatic hydroxyl groups excluding tert-OH is 2. The van der Waals surface area contributed by atoms with Gasteiger partial charge in [-0.25, -0.2) is 9.59 Å². The number of ether oxygens (including phenoxy) is 1. The van der Waals surface area contributed by atoms with Crippen molar-refractivity contribution < 1.29 is 38.4 Å². The summed E-state index contributed by atoms with van der Waals surface area (Å²) in [6.07, 6.45) is -5.24. The minimum atomic E-state index is -3.87. The van der Waals surface area contributed by atoms with Gasteiger partial charge in [0, 0.05) is 6.20 Å². The van der Waals surface area contributed by atoms with Crippen molar-refractivity contribution in [3.8, 4) is 0 Å². The lowest BCUT2D eigenvalue weighted by Gasteiger charge is -2.21. The quantitative estimate of drug-likeness (QED) is 0.540. The lowest BCUT2D eigenvalue weighted by molar-refractivity contribution is -0.140. The predicted octanol–water partition coefficient (Wildman–Crippen LogP) is 0.0797. The standard InChI is InChI=1S/C17H15F2N3O7/c18-17(19)12(24)10(7-23)29-15(17)22-6-5-11(21-16(22)28)20-13(25)8-3-1-2-4-9(8)14(26)27/h1-6,10,12,15,23-24H,7H2,(H,26,27)(H,20,21,25,28). The van der Waals surface area contributed by atoms with Gasteiger partial charge in [0.15, 0.2) is 6.10 Å². The average molecular weight is 411 g/mol. The third-order valence-corrected chi connectivity index (χ3v) is 4.29. The smallest absolute Gasteiger partial charge is 0.351 e. The summed E-state index contributed by atoms with van der Waals surface area (Å²) in [5.74, 6) is -6.39. The molecule has 0 bridgehead atoms. The number of nitrogens with zero attached hydrogens (tertiary/aromatic N) is 2. The van der Waals surface area contributed by atoms with Gasteiger partial charge in [-0.05, 0) is 18.2 Å². The zero-order chi connectivity index (χ0) is 21.3. The molecule has 1 fully saturated rings. The second kappa shape index (κ2) is 7.66. The Morgan fingerprint density at radius 2 is 1.90 bits per heavy atom. The summed E-state index contributed by atoms with van der Waals surface area (Å²) in [5, 5.41) is 29.9. The largest absolute Gasteiger partial charge is 0.478 e. The minimum absolute atomic E-state index is 0.189. The van der Waals surface area contributed by atoms with Gasteiger partial charge in [-0.2, -0.15) is 13.8 Å². The lowest BCUT2D eigenvalue weighted by Crippen LogP contribution is -2.41. The summed E-state index contributed by atoms with van der Waals surface area (Å²) < 4.78 is 33.6. The van der Waals surface area contributed by atoms with Gasteiger partial charge in [0.1, 0.15) is 11.9 Å². The maximum Gasteiger partial charge on any atom is 0.351 e. The first-order valence-corrected chi connectivity index (χ1v) is 8.22. The normalized spacial score (nSPS) is 23.0. The van der Waals surface area contributed by atoms with Crippen LogP contribution in [0.4, 0.5) is 14.6 Å². The number of rotatable bonds is 5. The number of hydrogen-bond donors (Lipinski definition) is 4. The first kappa shape index (κ1) is 20.5. The molecule has 0 aliphatic carbocycles. The van der Waals surface area contributed by atoms with Gasteiger partial charge in [-0.1, -0.05) is 12.1 Å². The molecule has 1 aromatic heterocycles. The number of carbonyl (C=O) groups is 2. The Hall–Kier alpha value is -3.22. The molecule has 2 heterocycles. The molecule has 3 atom stereocenters. The van der Waals surface area contributed by atoms with Gasteiger partial charge in [-0.15, -0.1) is 0 Å². The Morgan fingerprint density at radius 1 is 1.24 bits per heavy atom. The molecule has 0 radical (unpaired) electrons. The summed E-state index contributed by atoms with van der Waals surface area (Å²) in [7, 11) is 0. The highest BCUT2D eigenvalue weighted by Crippen LogP contribution is 2.41. The molecule has 1 aromatic carbocycles. The fraction of sp³-hybridized carbons (Fsp3) is 0.294. The average Bonchev–Trinajstić information content (AvgIpc) is 2.91. The first-order valence-electron chi connectivity index (χ1n) is 8.22. The van der Waals surface area contributed by atoms with E-state index in [2.05, 4.69) is 10.3 Å². The molecule has 1 saturated heterocycles. The molecule has 1 amide bonds. The molecule has 154 valence electrons. The van der Waals surface area contributed by atoms with Crippen molar-refractivity contribution in [1.82, 2.24) is 9.55 Å². The van der Waals surface area contributed by atoms with Crippen LogP contribution in [0.2, 0.25) is 0 Å². The molecule has 0 spiro atoms. The fourth-order valence-corrected chi connectivity index (χ4v) is 2.83. The van der Waals surface area contributed by atoms with Gasteiger partial charge in [0.2, 0.25) is 6.23 Å². The molecular formula is C17H15F2N3O7. The summed E-state index contributed by atoms with van der Waals surface area (Å²) in [5.41, 5.74) is -1.68. The van der Waals surface area contributed by atoms with E-state index < -0.39 is 48.5 Å². The zero-order valence-electron chi connectivity index (χ0n) is 14.5. The third-order valence-electron chi connectivity index (χ3n) is 4.29. The Morgan fingerprint density at radius 3 is 2.45 bits per heavy atom. The second-order valence-electron chi connectivity index (χ2n) is 6.14. The number of nitrogens with one attached hydrogen (secondary N) is 1. The van der Waals surface area contributed by atoms with Crippen molar-refractivity contribution in [3.63, 3.8) is 0 Å². The Labute approximate surface area is 161 Å². The number of aromatic carboxylic acids is 1. The number of amides is 1. The van der Waals surface area contributed by atoms with E-state index in [1.54, 1.807) is 0 Å². The van der Waals surface area contributed by atoms with Gasteiger partial charge in [0.25, 0.3) is 5.91 Å². The fourth-order valence-electron chi connectivity index (χ4n) is 2.83. The molecule has 10 nitrogen and oxygen atoms in total. The molecule has 4 N–H and O–H groups in total. The van der Waals surface area contributed by atoms with E-state index in [4.69, 9.17) is 14.9 Å². The van der Waals surface area contributed by atoms with Crippen LogP contribution < -0.4 is 11.0 Å². The number of carboxylic acids is 1. The topological polar surface area (TPSA) is 151 Å². The van der Waals surface area contributed by atoms with Crippen molar-refractivity contribution in [3.05, 3.63) is 58.1 Å². The van der Waals surface area contributed by atoms with Crippen LogP contribution in [0.15, 0.2) is 41.3 Å². The molecule has 1 aliphatic rings. The summed E-state index contributed by atoms with van der Waals surface area (Å²) in [6, 6.07) is 6.36. The van der Waals surface area contributed by atoms with Crippen LogP contribution in [-0.4, -0.2) is 61.5 Å². The van der Waals surface area contributed by atoms with E-state index in [1.165, 1.54) is 24.3 Å². The monoisotopic (exact) mass is 411 g/mol. The molecule has 12 heteroatoms. The maximum absolute atomic E-state index is 14.2. The highest BCUT2D eigenvalue weighted by Gasteiger charge is 2.59. The van der Waals surface area contributed by atoms with Crippen LogP contribution in [0.25, 0.3) is 0 Å². The van der Waals surface area contributed by atoms with Gasteiger partial charge in [-0.3, -0.25) is 9.36 Å². The van der Waals surface area contributed by atoms with Crippen molar-refractivity contribution in [2.45, 2.75) is 24.4 Å². The summed E-state index contributed by atoms with van der Waals surface area (Å²) in [6.45, 7) is -0.882. The molecule has 29 heavy (non-hydrogen) atoms. The summed E-state index contributed by atoms with van der Waals surface area (Å²) >= 11 is 0. The van der Waals surface area contributed by atoms with E-state index >= 15 is 0 Å². The highest BCUT2D eigenvalue weighted by atomic mass is 19.3. The summed E-state index contributed by atoms with van der Waals surface area (Å²) in [4.78, 5) is 39.1. The second-order valence-corrected chi connectivity index (χ2v) is 6.14. The SMILES string of the molecule is O=C(O)c1ccccc1C(=O)Nc1ccn(C2OC(CO)C(O)C2(F)F)c(=O)n1. The van der Waals surface area contributed by atoms with Gasteiger partial charge in [0.05, 0.1) is 17.7 Å². The van der Waals surface area contributed by atoms with Crippen LogP contribution in [-0.2, 0) is 4.74 Å². The van der Waals surface area contributed by atoms with Crippen LogP contribution in [0, 0.1) is 0 Å². The number of anilines is 1. The number of aromatic nitrogens is 2. The van der Waals surface area contributed by atoms with Crippen LogP contribution in [0.5, 0.6) is 0 Å². The number of hydrogen-bond acceptors (Lipinski definition) is 7. The van der Waals surface area contributed by atoms with Gasteiger partial charge >= 0.3 is 17.6 Å². The highest BCUT2D eigenvalue weighted by molar-refractivity contribution is 6.10. The molecule has 0 saturated carbocycles. The zero-order valence-corrected chi connectivity index (χ0v) is 14.5. The number of alkyl halides is 2. The number of halogens is 2. The van der Waals surface area contributed by atoms with E-state index in [0.29, 0.717) is 4.57 Å². The van der Waals surface area contributed by atoms with E-state index in [1.807, 2.05) is 0 Å². The maximum atomic E-state index is 14.2. The van der Waals surface area contributed by atoms with Crippen LogP contribution >= 0.6 is 0 Å². The van der Waals surface area contributed by atoms with Crippen molar-refractivity contribution in [2.24, 2.45) is 0 Å². The Bertz CT molecular complexity index is 1010. The van der Waals surface area contributed by atoms with Crippen molar-refractivity contribution in [1.29, 1.82) is 0 Å². The molecule has 2 aromatic rings. The Balaban J connectivity index is 1.85. The van der Waals surface area contributed by atoms with E-state index in [-0.39, 0.29) is 16.9 Å². The molecule has 1 aliphatic heterocycles. The van der Waals surface area contributed by atoms with Crippen LogP contribution in [0.3, 0.4) is 0 Å². The number of benzene rings is 1. The third kappa shape index (κ3) is 3.72. The van der Waals surface area contributed by atoms with Crippen LogP contribution in [0.1, 0.15) is 26.9 Å². The minimum Gasteiger partial charge on any atom is -0.478 e. The van der Waals surface area contributed by atoms with Gasteiger partial charge < -0.3 is 25.4 Å². The molecule has 3 rings (SSSR count). The Kier molecular flexibility index (Phi) is 5.42. The number of carbonyl (C=O) groups excluding carboxylic acids is 1. The molecule has 3 unspecified atom stereocenters. The number of carboxylic acid groups (broad SMARTS) is 1. The van der Waals surface area contributed by atoms with E-state index in [9.17, 15) is 28.3 Å².